The van der Waals surface area contributed by atoms with Gasteiger partial charge in [0.1, 0.15) is 18.2 Å². The molecule has 0 aromatic carbocycles. The van der Waals surface area contributed by atoms with Crippen molar-refractivity contribution in [1.29, 1.82) is 0 Å². The second-order valence-electron chi connectivity index (χ2n) is 4.62. The molecule has 0 aliphatic carbocycles. The fourth-order valence-corrected chi connectivity index (χ4v) is 2.75. The Hall–Kier alpha value is -1.28. The predicted octanol–water partition coefficient (Wildman–Crippen LogP) is -0.486. The largest absolute Gasteiger partial charge is 0.480 e. The zero-order chi connectivity index (χ0) is 13.3. The molecule has 2 aliphatic rings. The molecular weight excluding hydrogens is 260 g/mol. The van der Waals surface area contributed by atoms with Crippen molar-refractivity contribution in [2.45, 2.75) is 18.6 Å². The van der Waals surface area contributed by atoms with E-state index in [0.29, 0.717) is 18.8 Å². The van der Waals surface area contributed by atoms with Crippen LogP contribution in [0, 0.1) is 0 Å². The predicted molar refractivity (Wildman–Crippen MR) is 63.4 cm³/mol. The quantitative estimate of drug-likeness (QED) is 0.718. The molecule has 7 nitrogen and oxygen atoms in total. The van der Waals surface area contributed by atoms with Gasteiger partial charge in [-0.2, -0.15) is 0 Å². The minimum atomic E-state index is -1.03. The van der Waals surface area contributed by atoms with Crippen LogP contribution in [-0.2, 0) is 14.3 Å². The Labute approximate surface area is 108 Å². The molecule has 2 saturated heterocycles. The summed E-state index contributed by atoms with van der Waals surface area (Å²) in [6.45, 7) is 2.11. The van der Waals surface area contributed by atoms with Gasteiger partial charge in [0.05, 0.1) is 13.1 Å². The molecule has 1 unspecified atom stereocenters. The molecule has 2 amide bonds. The Kier molecular flexibility index (Phi) is 3.49. The maximum atomic E-state index is 11.9. The first-order valence-electron chi connectivity index (χ1n) is 5.47. The van der Waals surface area contributed by atoms with Gasteiger partial charge in [-0.1, -0.05) is 11.8 Å². The summed E-state index contributed by atoms with van der Waals surface area (Å²) in [5.41, 5.74) is -0.593. The molecule has 0 aromatic heterocycles. The third-order valence-electron chi connectivity index (χ3n) is 2.88. The number of amides is 2. The maximum Gasteiger partial charge on any atom is 0.329 e. The number of rotatable bonds is 4. The van der Waals surface area contributed by atoms with Crippen LogP contribution >= 0.6 is 11.8 Å². The molecule has 1 atom stereocenters. The van der Waals surface area contributed by atoms with Crippen LogP contribution in [0.1, 0.15) is 6.92 Å². The monoisotopic (exact) mass is 274 g/mol. The lowest BCUT2D eigenvalue weighted by atomic mass is 9.95. The number of thioether (sulfide) groups is 1. The standard InChI is InChI=1S/C10H14N2O5S/c1-10(17-2-7(13)14)4-12(5-10)8(15)6-3-18-9(16)11-6/h6H,2-5H2,1H3,(H,11,16)(H,13,14). The highest BCUT2D eigenvalue weighted by Crippen LogP contribution is 2.26. The highest BCUT2D eigenvalue weighted by Gasteiger charge is 2.45. The molecule has 8 heteroatoms. The summed E-state index contributed by atoms with van der Waals surface area (Å²) in [6.07, 6.45) is 0. The molecule has 100 valence electrons. The molecule has 2 rings (SSSR count). The lowest BCUT2D eigenvalue weighted by molar-refractivity contribution is -0.173. The fourth-order valence-electron chi connectivity index (χ4n) is 1.98. The number of ether oxygens (including phenoxy) is 1. The van der Waals surface area contributed by atoms with Crippen molar-refractivity contribution in [3.8, 4) is 0 Å². The van der Waals surface area contributed by atoms with E-state index in [1.54, 1.807) is 11.8 Å². The third-order valence-corrected chi connectivity index (χ3v) is 3.76. The number of hydrogen-bond acceptors (Lipinski definition) is 5. The molecule has 0 bridgehead atoms. The van der Waals surface area contributed by atoms with E-state index in [1.807, 2.05) is 0 Å². The summed E-state index contributed by atoms with van der Waals surface area (Å²) in [6, 6.07) is -0.466. The molecule has 2 N–H and O–H groups in total. The number of aliphatic carboxylic acids is 1. The van der Waals surface area contributed by atoms with Crippen LogP contribution in [-0.4, -0.2) is 64.2 Å². The van der Waals surface area contributed by atoms with Gasteiger partial charge in [-0.15, -0.1) is 0 Å². The Balaban J connectivity index is 1.79. The first-order chi connectivity index (χ1) is 8.39. The molecule has 2 fully saturated rings. The third kappa shape index (κ3) is 2.75. The number of carboxylic acid groups (broad SMARTS) is 1. The highest BCUT2D eigenvalue weighted by atomic mass is 32.2. The molecule has 0 saturated carbocycles. The molecule has 2 aliphatic heterocycles. The number of nitrogens with one attached hydrogen (secondary N) is 1. The minimum Gasteiger partial charge on any atom is -0.480 e. The summed E-state index contributed by atoms with van der Waals surface area (Å²) in [5.74, 6) is -0.717. The summed E-state index contributed by atoms with van der Waals surface area (Å²) >= 11 is 1.09. The van der Waals surface area contributed by atoms with Crippen LogP contribution in [0.15, 0.2) is 0 Å². The van der Waals surface area contributed by atoms with E-state index in [-0.39, 0.29) is 17.8 Å². The van der Waals surface area contributed by atoms with Crippen molar-refractivity contribution >= 4 is 28.9 Å². The lowest BCUT2D eigenvalue weighted by Crippen LogP contribution is -2.66. The summed E-state index contributed by atoms with van der Waals surface area (Å²) in [4.78, 5) is 34.9. The second kappa shape index (κ2) is 4.77. The van der Waals surface area contributed by atoms with Gasteiger partial charge in [-0.3, -0.25) is 9.59 Å². The van der Waals surface area contributed by atoms with E-state index in [9.17, 15) is 14.4 Å². The number of nitrogens with zero attached hydrogens (tertiary/aromatic N) is 1. The minimum absolute atomic E-state index is 0.134. The Bertz CT molecular complexity index is 394. The van der Waals surface area contributed by atoms with Crippen LogP contribution in [0.4, 0.5) is 4.79 Å². The van der Waals surface area contributed by atoms with Crippen molar-refractivity contribution in [2.24, 2.45) is 0 Å². The SMILES string of the molecule is CC1(OCC(=O)O)CN(C(=O)C2CSC(=O)N2)C1. The van der Waals surface area contributed by atoms with Crippen molar-refractivity contribution in [2.75, 3.05) is 25.4 Å². The first-order valence-corrected chi connectivity index (χ1v) is 6.46. The molecule has 18 heavy (non-hydrogen) atoms. The Morgan fingerprint density at radius 3 is 2.78 bits per heavy atom. The number of carbonyl (C=O) groups is 3. The van der Waals surface area contributed by atoms with Gasteiger partial charge in [-0.25, -0.2) is 4.79 Å². The normalized spacial score (nSPS) is 25.5. The van der Waals surface area contributed by atoms with Crippen molar-refractivity contribution in [3.63, 3.8) is 0 Å². The molecule has 2 heterocycles. The van der Waals surface area contributed by atoms with Crippen LogP contribution < -0.4 is 5.32 Å². The summed E-state index contributed by atoms with van der Waals surface area (Å²) in [7, 11) is 0. The zero-order valence-electron chi connectivity index (χ0n) is 9.84. The van der Waals surface area contributed by atoms with Gasteiger partial charge in [-0.05, 0) is 6.92 Å². The molecular formula is C10H14N2O5S. The average Bonchev–Trinajstić information content (AvgIpc) is 2.68. The molecule has 0 spiro atoms. The van der Waals surface area contributed by atoms with E-state index in [1.165, 1.54) is 0 Å². The van der Waals surface area contributed by atoms with Gasteiger partial charge < -0.3 is 20.1 Å². The van der Waals surface area contributed by atoms with Gasteiger partial charge in [0.2, 0.25) is 5.91 Å². The van der Waals surface area contributed by atoms with Crippen molar-refractivity contribution < 1.29 is 24.2 Å². The van der Waals surface area contributed by atoms with Crippen molar-refractivity contribution in [3.05, 3.63) is 0 Å². The topological polar surface area (TPSA) is 95.9 Å². The lowest BCUT2D eigenvalue weighted by Gasteiger charge is -2.47. The van der Waals surface area contributed by atoms with Gasteiger partial charge in [0.15, 0.2) is 0 Å². The zero-order valence-corrected chi connectivity index (χ0v) is 10.7. The van der Waals surface area contributed by atoms with E-state index in [4.69, 9.17) is 9.84 Å². The van der Waals surface area contributed by atoms with Crippen molar-refractivity contribution in [1.82, 2.24) is 10.2 Å². The second-order valence-corrected chi connectivity index (χ2v) is 5.61. The van der Waals surface area contributed by atoms with Gasteiger partial charge in [0, 0.05) is 5.75 Å². The van der Waals surface area contributed by atoms with Gasteiger partial charge in [0.25, 0.3) is 5.24 Å². The van der Waals surface area contributed by atoms with Crippen LogP contribution in [0.2, 0.25) is 0 Å². The van der Waals surface area contributed by atoms with E-state index < -0.39 is 17.6 Å². The number of carboxylic acids is 1. The summed E-state index contributed by atoms with van der Waals surface area (Å²) < 4.78 is 5.21. The maximum absolute atomic E-state index is 11.9. The smallest absolute Gasteiger partial charge is 0.329 e. The first kappa shape index (κ1) is 13.2. The van der Waals surface area contributed by atoms with Crippen LogP contribution in [0.5, 0.6) is 0 Å². The van der Waals surface area contributed by atoms with E-state index in [0.717, 1.165) is 11.8 Å². The van der Waals surface area contributed by atoms with Crippen LogP contribution in [0.3, 0.4) is 0 Å². The fraction of sp³-hybridized carbons (Fsp3) is 0.700. The number of carbonyl (C=O) groups excluding carboxylic acids is 2. The number of hydrogen-bond donors (Lipinski definition) is 2. The highest BCUT2D eigenvalue weighted by molar-refractivity contribution is 8.14. The average molecular weight is 274 g/mol. The summed E-state index contributed by atoms with van der Waals surface area (Å²) in [5, 5.41) is 10.9. The molecule has 0 aromatic rings. The molecule has 0 radical (unpaired) electrons. The Morgan fingerprint density at radius 2 is 2.28 bits per heavy atom. The van der Waals surface area contributed by atoms with Gasteiger partial charge >= 0.3 is 5.97 Å². The van der Waals surface area contributed by atoms with E-state index in [2.05, 4.69) is 5.32 Å². The number of likely N-dealkylation sites (tertiary alicyclic amines) is 1. The Morgan fingerprint density at radius 1 is 1.61 bits per heavy atom. The van der Waals surface area contributed by atoms with Crippen LogP contribution in [0.25, 0.3) is 0 Å². The van der Waals surface area contributed by atoms with E-state index >= 15 is 0 Å².